The minimum absolute atomic E-state index is 0.935. The van der Waals surface area contributed by atoms with Gasteiger partial charge in [-0.1, -0.05) is 24.3 Å². The quantitative estimate of drug-likeness (QED) is 0.839. The Morgan fingerprint density at radius 2 is 2.10 bits per heavy atom. The van der Waals surface area contributed by atoms with Crippen LogP contribution in [-0.2, 0) is 0 Å². The lowest BCUT2D eigenvalue weighted by Gasteiger charge is -2.22. The molecular formula is C18H22N2O. The lowest BCUT2D eigenvalue weighted by molar-refractivity contribution is 0.402. The van der Waals surface area contributed by atoms with Crippen LogP contribution in [0.15, 0.2) is 60.0 Å². The van der Waals surface area contributed by atoms with E-state index in [2.05, 4.69) is 60.5 Å². The minimum Gasteiger partial charge on any atom is -0.455 e. The fourth-order valence-electron chi connectivity index (χ4n) is 2.67. The van der Waals surface area contributed by atoms with E-state index in [0.717, 1.165) is 43.1 Å². The third-order valence-electron chi connectivity index (χ3n) is 3.75. The van der Waals surface area contributed by atoms with Crippen LogP contribution in [0.2, 0.25) is 0 Å². The highest BCUT2D eigenvalue weighted by Gasteiger charge is 2.20. The van der Waals surface area contributed by atoms with Gasteiger partial charge >= 0.3 is 0 Å². The lowest BCUT2D eigenvalue weighted by atomic mass is 10.1. The summed E-state index contributed by atoms with van der Waals surface area (Å²) in [5.74, 6) is 1.91. The van der Waals surface area contributed by atoms with E-state index in [1.165, 1.54) is 5.57 Å². The molecule has 1 aliphatic carbocycles. The van der Waals surface area contributed by atoms with Crippen molar-refractivity contribution in [2.45, 2.75) is 12.8 Å². The Labute approximate surface area is 126 Å². The Morgan fingerprint density at radius 1 is 1.24 bits per heavy atom. The van der Waals surface area contributed by atoms with E-state index in [1.54, 1.807) is 0 Å². The van der Waals surface area contributed by atoms with Crippen LogP contribution in [0.25, 0.3) is 0 Å². The molecule has 0 saturated heterocycles. The molecule has 0 spiro atoms. The van der Waals surface area contributed by atoms with Crippen LogP contribution in [0, 0.1) is 0 Å². The van der Waals surface area contributed by atoms with Gasteiger partial charge in [-0.15, -0.1) is 0 Å². The second-order valence-corrected chi connectivity index (χ2v) is 5.74. The number of hydrogen-bond acceptors (Lipinski definition) is 3. The van der Waals surface area contributed by atoms with Gasteiger partial charge in [0, 0.05) is 18.3 Å². The number of fused-ring (bicyclic) bond motifs is 2. The number of ether oxygens (including phenoxy) is 1. The summed E-state index contributed by atoms with van der Waals surface area (Å²) in [6.07, 6.45) is 10.6. The molecule has 0 saturated carbocycles. The van der Waals surface area contributed by atoms with Crippen LogP contribution < -0.4 is 9.64 Å². The lowest BCUT2D eigenvalue weighted by Crippen LogP contribution is -2.22. The molecule has 3 heteroatoms. The maximum Gasteiger partial charge on any atom is 0.151 e. The van der Waals surface area contributed by atoms with Crippen LogP contribution in [0.5, 0.6) is 5.75 Å². The molecule has 1 aromatic carbocycles. The number of anilines is 1. The largest absolute Gasteiger partial charge is 0.455 e. The summed E-state index contributed by atoms with van der Waals surface area (Å²) in [6, 6.07) is 8.28. The van der Waals surface area contributed by atoms with Gasteiger partial charge in [0.05, 0.1) is 5.69 Å². The van der Waals surface area contributed by atoms with Crippen molar-refractivity contribution in [3.05, 3.63) is 60.0 Å². The van der Waals surface area contributed by atoms with E-state index >= 15 is 0 Å². The predicted molar refractivity (Wildman–Crippen MR) is 87.5 cm³/mol. The van der Waals surface area contributed by atoms with Gasteiger partial charge in [-0.2, -0.15) is 0 Å². The summed E-state index contributed by atoms with van der Waals surface area (Å²) in [5, 5.41) is 0. The van der Waals surface area contributed by atoms with Crippen LogP contribution >= 0.6 is 0 Å². The average molecular weight is 282 g/mol. The second-order valence-electron chi connectivity index (χ2n) is 5.74. The van der Waals surface area contributed by atoms with Crippen molar-refractivity contribution in [2.24, 2.45) is 0 Å². The first-order valence-corrected chi connectivity index (χ1v) is 7.50. The van der Waals surface area contributed by atoms with E-state index in [1.807, 2.05) is 12.1 Å². The molecule has 1 heterocycles. The smallest absolute Gasteiger partial charge is 0.151 e. The number of rotatable bonds is 4. The highest BCUT2D eigenvalue weighted by atomic mass is 16.5. The van der Waals surface area contributed by atoms with Gasteiger partial charge in [0.1, 0.15) is 5.76 Å². The van der Waals surface area contributed by atoms with Crippen molar-refractivity contribution in [3.8, 4) is 5.75 Å². The van der Waals surface area contributed by atoms with E-state index in [4.69, 9.17) is 4.74 Å². The zero-order valence-corrected chi connectivity index (χ0v) is 12.7. The summed E-state index contributed by atoms with van der Waals surface area (Å²) in [7, 11) is 4.23. The van der Waals surface area contributed by atoms with Gasteiger partial charge in [0.15, 0.2) is 5.75 Å². The third kappa shape index (κ3) is 3.19. The molecular weight excluding hydrogens is 260 g/mol. The number of hydrogen-bond donors (Lipinski definition) is 0. The summed E-state index contributed by atoms with van der Waals surface area (Å²) in [6.45, 7) is 2.09. The van der Waals surface area contributed by atoms with Crippen LogP contribution in [-0.4, -0.2) is 32.1 Å². The van der Waals surface area contributed by atoms with E-state index in [9.17, 15) is 0 Å². The predicted octanol–water partition coefficient (Wildman–Crippen LogP) is 3.56. The number of para-hydroxylation sites is 2. The standard InChI is InChI=1S/C18H22N2O/c1-19(2)12-7-13-20-14-15-8-3-5-10-17(15)21-18-11-6-4-9-16(18)20/h3-6,9-11,14H,7-8,12-13H2,1-2H3. The van der Waals surface area contributed by atoms with E-state index in [-0.39, 0.29) is 0 Å². The first kappa shape index (κ1) is 14.0. The SMILES string of the molecule is CN(C)CCCN1C=C2CC=CC=C2Oc2ccccc21. The van der Waals surface area contributed by atoms with E-state index < -0.39 is 0 Å². The Morgan fingerprint density at radius 3 is 2.95 bits per heavy atom. The fraction of sp³-hybridized carbons (Fsp3) is 0.333. The normalized spacial score (nSPS) is 16.6. The fourth-order valence-corrected chi connectivity index (χ4v) is 2.67. The molecule has 0 fully saturated rings. The van der Waals surface area contributed by atoms with Crippen LogP contribution in [0.4, 0.5) is 5.69 Å². The summed E-state index contributed by atoms with van der Waals surface area (Å²) < 4.78 is 6.11. The first-order valence-electron chi connectivity index (χ1n) is 7.50. The highest BCUT2D eigenvalue weighted by molar-refractivity contribution is 5.64. The van der Waals surface area contributed by atoms with Gasteiger partial charge < -0.3 is 14.5 Å². The summed E-state index contributed by atoms with van der Waals surface area (Å²) >= 11 is 0. The summed E-state index contributed by atoms with van der Waals surface area (Å²) in [5.41, 5.74) is 2.40. The monoisotopic (exact) mass is 282 g/mol. The summed E-state index contributed by atoms with van der Waals surface area (Å²) in [4.78, 5) is 4.55. The molecule has 2 aliphatic rings. The second kappa shape index (κ2) is 6.19. The topological polar surface area (TPSA) is 15.7 Å². The molecule has 0 atom stereocenters. The van der Waals surface area contributed by atoms with Crippen molar-refractivity contribution >= 4 is 5.69 Å². The molecule has 3 nitrogen and oxygen atoms in total. The molecule has 0 radical (unpaired) electrons. The molecule has 110 valence electrons. The minimum atomic E-state index is 0.935. The number of benzene rings is 1. The average Bonchev–Trinajstić information content (AvgIpc) is 2.63. The van der Waals surface area contributed by atoms with Crippen LogP contribution in [0.3, 0.4) is 0 Å². The Kier molecular flexibility index (Phi) is 4.11. The Hall–Kier alpha value is -2.00. The molecule has 0 N–H and O–H groups in total. The molecule has 0 aromatic heterocycles. The van der Waals surface area contributed by atoms with Gasteiger partial charge in [0.2, 0.25) is 0 Å². The Bertz CT molecular complexity index is 599. The molecule has 3 rings (SSSR count). The van der Waals surface area contributed by atoms with E-state index in [0.29, 0.717) is 0 Å². The maximum absolute atomic E-state index is 6.11. The van der Waals surface area contributed by atoms with Gasteiger partial charge in [-0.25, -0.2) is 0 Å². The Balaban J connectivity index is 1.89. The van der Waals surface area contributed by atoms with Crippen molar-refractivity contribution in [1.29, 1.82) is 0 Å². The first-order chi connectivity index (χ1) is 10.2. The molecule has 1 aromatic rings. The van der Waals surface area contributed by atoms with Crippen molar-refractivity contribution in [1.82, 2.24) is 4.90 Å². The number of nitrogens with zero attached hydrogens (tertiary/aromatic N) is 2. The highest BCUT2D eigenvalue weighted by Crippen LogP contribution is 2.36. The molecule has 21 heavy (non-hydrogen) atoms. The zero-order chi connectivity index (χ0) is 14.7. The van der Waals surface area contributed by atoms with Gasteiger partial charge in [-0.3, -0.25) is 0 Å². The van der Waals surface area contributed by atoms with Gasteiger partial charge in [0.25, 0.3) is 0 Å². The molecule has 0 unspecified atom stereocenters. The van der Waals surface area contributed by atoms with Gasteiger partial charge in [-0.05, 0) is 51.7 Å². The third-order valence-corrected chi connectivity index (χ3v) is 3.75. The number of allylic oxidation sites excluding steroid dienone is 4. The molecule has 1 aliphatic heterocycles. The van der Waals surface area contributed by atoms with Crippen molar-refractivity contribution < 1.29 is 4.74 Å². The van der Waals surface area contributed by atoms with Crippen molar-refractivity contribution in [3.63, 3.8) is 0 Å². The molecule has 0 amide bonds. The molecule has 0 bridgehead atoms. The van der Waals surface area contributed by atoms with Crippen LogP contribution in [0.1, 0.15) is 12.8 Å². The zero-order valence-electron chi connectivity index (χ0n) is 12.7. The van der Waals surface area contributed by atoms with Crippen molar-refractivity contribution in [2.75, 3.05) is 32.1 Å². The maximum atomic E-state index is 6.11.